The molecular formula is C14H17N5O2S. The van der Waals surface area contributed by atoms with E-state index in [0.29, 0.717) is 12.2 Å². The SMILES string of the molecule is CC(C)S(=O)(=O)Nc1ccc(-n2cc3c(n2)CN=CN3)cc1. The van der Waals surface area contributed by atoms with E-state index >= 15 is 0 Å². The quantitative estimate of drug-likeness (QED) is 0.902. The van der Waals surface area contributed by atoms with Crippen molar-refractivity contribution in [3.05, 3.63) is 36.2 Å². The number of anilines is 2. The normalized spacial score (nSPS) is 13.8. The molecule has 1 aliphatic rings. The molecule has 0 fully saturated rings. The Morgan fingerprint density at radius 1 is 1.27 bits per heavy atom. The molecule has 2 heterocycles. The minimum Gasteiger partial charge on any atom is -0.344 e. The lowest BCUT2D eigenvalue weighted by molar-refractivity contribution is 0.593. The minimum atomic E-state index is -3.33. The summed E-state index contributed by atoms with van der Waals surface area (Å²) >= 11 is 0. The van der Waals surface area contributed by atoms with Crippen LogP contribution in [-0.4, -0.2) is 29.8 Å². The number of hydrogen-bond acceptors (Lipinski definition) is 5. The highest BCUT2D eigenvalue weighted by atomic mass is 32.2. The van der Waals surface area contributed by atoms with Crippen LogP contribution in [0.1, 0.15) is 19.5 Å². The predicted molar refractivity (Wildman–Crippen MR) is 87.1 cm³/mol. The van der Waals surface area contributed by atoms with Gasteiger partial charge in [-0.05, 0) is 38.1 Å². The molecule has 3 rings (SSSR count). The molecule has 22 heavy (non-hydrogen) atoms. The van der Waals surface area contributed by atoms with E-state index in [4.69, 9.17) is 0 Å². The second-order valence-corrected chi connectivity index (χ2v) is 7.53. The van der Waals surface area contributed by atoms with Crippen LogP contribution in [0.15, 0.2) is 35.5 Å². The third kappa shape index (κ3) is 2.82. The molecule has 0 aliphatic carbocycles. The van der Waals surface area contributed by atoms with Gasteiger partial charge in [0.05, 0.1) is 35.7 Å². The van der Waals surface area contributed by atoms with E-state index < -0.39 is 15.3 Å². The maximum atomic E-state index is 11.8. The number of sulfonamides is 1. The maximum Gasteiger partial charge on any atom is 0.235 e. The van der Waals surface area contributed by atoms with Gasteiger partial charge in [0, 0.05) is 5.69 Å². The van der Waals surface area contributed by atoms with Crippen LogP contribution < -0.4 is 10.0 Å². The van der Waals surface area contributed by atoms with E-state index in [1.54, 1.807) is 37.0 Å². The van der Waals surface area contributed by atoms with Gasteiger partial charge in [0.15, 0.2) is 0 Å². The molecule has 0 amide bonds. The van der Waals surface area contributed by atoms with Gasteiger partial charge in [-0.3, -0.25) is 9.71 Å². The van der Waals surface area contributed by atoms with E-state index in [1.165, 1.54) is 0 Å². The Balaban J connectivity index is 1.81. The number of benzene rings is 1. The van der Waals surface area contributed by atoms with E-state index in [0.717, 1.165) is 17.1 Å². The molecule has 0 spiro atoms. The second kappa shape index (κ2) is 5.45. The molecule has 0 radical (unpaired) electrons. The summed E-state index contributed by atoms with van der Waals surface area (Å²) in [7, 11) is -3.33. The molecule has 2 N–H and O–H groups in total. The Morgan fingerprint density at radius 3 is 2.64 bits per heavy atom. The zero-order valence-electron chi connectivity index (χ0n) is 12.3. The van der Waals surface area contributed by atoms with Gasteiger partial charge < -0.3 is 5.32 Å². The Labute approximate surface area is 129 Å². The van der Waals surface area contributed by atoms with Crippen molar-refractivity contribution in [2.75, 3.05) is 10.0 Å². The van der Waals surface area contributed by atoms with Crippen molar-refractivity contribution in [3.8, 4) is 5.69 Å². The first kappa shape index (κ1) is 14.6. The summed E-state index contributed by atoms with van der Waals surface area (Å²) in [6, 6.07) is 7.08. The number of nitrogens with one attached hydrogen (secondary N) is 2. The zero-order valence-corrected chi connectivity index (χ0v) is 13.1. The highest BCUT2D eigenvalue weighted by molar-refractivity contribution is 7.93. The van der Waals surface area contributed by atoms with E-state index in [1.807, 2.05) is 18.3 Å². The standard InChI is InChI=1S/C14H17N5O2S/c1-10(2)22(20,21)18-11-3-5-12(6-4-11)19-8-14-13(17-19)7-15-9-16-14/h3-6,8-10,18H,7H2,1-2H3,(H,15,16). The maximum absolute atomic E-state index is 11.8. The van der Waals surface area contributed by atoms with Crippen LogP contribution in [0.2, 0.25) is 0 Å². The van der Waals surface area contributed by atoms with Crippen LogP contribution in [0.5, 0.6) is 0 Å². The third-order valence-corrected chi connectivity index (χ3v) is 5.12. The van der Waals surface area contributed by atoms with E-state index in [9.17, 15) is 8.42 Å². The lowest BCUT2D eigenvalue weighted by atomic mass is 10.3. The lowest BCUT2D eigenvalue weighted by Gasteiger charge is -2.11. The van der Waals surface area contributed by atoms with Crippen molar-refractivity contribution in [1.29, 1.82) is 0 Å². The molecule has 116 valence electrons. The fourth-order valence-electron chi connectivity index (χ4n) is 1.99. The summed E-state index contributed by atoms with van der Waals surface area (Å²) in [4.78, 5) is 4.11. The number of nitrogens with zero attached hydrogens (tertiary/aromatic N) is 3. The molecule has 7 nitrogen and oxygen atoms in total. The van der Waals surface area contributed by atoms with E-state index in [-0.39, 0.29) is 0 Å². The highest BCUT2D eigenvalue weighted by Crippen LogP contribution is 2.21. The average molecular weight is 319 g/mol. The Kier molecular flexibility index (Phi) is 3.61. The van der Waals surface area contributed by atoms with Gasteiger partial charge in [-0.1, -0.05) is 0 Å². The average Bonchev–Trinajstić information content (AvgIpc) is 2.91. The van der Waals surface area contributed by atoms with E-state index in [2.05, 4.69) is 20.1 Å². The molecule has 1 aromatic heterocycles. The monoisotopic (exact) mass is 319 g/mol. The molecule has 0 atom stereocenters. The summed E-state index contributed by atoms with van der Waals surface area (Å²) in [6.07, 6.45) is 3.53. The number of hydrogen-bond donors (Lipinski definition) is 2. The Bertz CT molecular complexity index is 781. The van der Waals surface area contributed by atoms with Crippen molar-refractivity contribution in [3.63, 3.8) is 0 Å². The van der Waals surface area contributed by atoms with Gasteiger partial charge >= 0.3 is 0 Å². The van der Waals surface area contributed by atoms with Gasteiger partial charge in [-0.2, -0.15) is 5.10 Å². The van der Waals surface area contributed by atoms with Gasteiger partial charge in [-0.25, -0.2) is 13.1 Å². The fraction of sp³-hybridized carbons (Fsp3) is 0.286. The lowest BCUT2D eigenvalue weighted by Crippen LogP contribution is -2.22. The van der Waals surface area contributed by atoms with Crippen molar-refractivity contribution >= 4 is 27.7 Å². The fourth-order valence-corrected chi connectivity index (χ4v) is 2.69. The van der Waals surface area contributed by atoms with Gasteiger partial charge in [-0.15, -0.1) is 0 Å². The first-order valence-corrected chi connectivity index (χ1v) is 8.46. The van der Waals surface area contributed by atoms with Crippen LogP contribution >= 0.6 is 0 Å². The summed E-state index contributed by atoms with van der Waals surface area (Å²) in [5, 5.41) is 7.02. The first-order valence-electron chi connectivity index (χ1n) is 6.91. The highest BCUT2D eigenvalue weighted by Gasteiger charge is 2.16. The number of aromatic nitrogens is 2. The number of rotatable bonds is 4. The van der Waals surface area contributed by atoms with Crippen LogP contribution in [0, 0.1) is 0 Å². The summed E-state index contributed by atoms with van der Waals surface area (Å²) < 4.78 is 28.0. The molecule has 0 saturated heterocycles. The summed E-state index contributed by atoms with van der Waals surface area (Å²) in [5.41, 5.74) is 3.20. The smallest absolute Gasteiger partial charge is 0.235 e. The van der Waals surface area contributed by atoms with Crippen LogP contribution in [-0.2, 0) is 16.6 Å². The largest absolute Gasteiger partial charge is 0.344 e. The van der Waals surface area contributed by atoms with Crippen molar-refractivity contribution in [1.82, 2.24) is 9.78 Å². The number of aliphatic imine (C=N–C) groups is 1. The van der Waals surface area contributed by atoms with Crippen LogP contribution in [0.3, 0.4) is 0 Å². The molecule has 1 aromatic carbocycles. The predicted octanol–water partition coefficient (Wildman–Crippen LogP) is 1.98. The van der Waals surface area contributed by atoms with Gasteiger partial charge in [0.25, 0.3) is 0 Å². The molecule has 0 bridgehead atoms. The van der Waals surface area contributed by atoms with Crippen LogP contribution in [0.25, 0.3) is 5.69 Å². The first-order chi connectivity index (χ1) is 10.5. The molecule has 0 unspecified atom stereocenters. The van der Waals surface area contributed by atoms with Crippen molar-refractivity contribution in [2.24, 2.45) is 4.99 Å². The summed E-state index contributed by atoms with van der Waals surface area (Å²) in [5.74, 6) is 0. The molecular weight excluding hydrogens is 302 g/mol. The zero-order chi connectivity index (χ0) is 15.7. The molecule has 8 heteroatoms. The Hall–Kier alpha value is -2.35. The minimum absolute atomic E-state index is 0.476. The number of fused-ring (bicyclic) bond motifs is 1. The topological polar surface area (TPSA) is 88.4 Å². The van der Waals surface area contributed by atoms with Crippen molar-refractivity contribution < 1.29 is 8.42 Å². The molecule has 1 aliphatic heterocycles. The van der Waals surface area contributed by atoms with Crippen molar-refractivity contribution in [2.45, 2.75) is 25.6 Å². The molecule has 0 saturated carbocycles. The Morgan fingerprint density at radius 2 is 2.00 bits per heavy atom. The molecule has 2 aromatic rings. The van der Waals surface area contributed by atoms with Gasteiger partial charge in [0.1, 0.15) is 5.69 Å². The second-order valence-electron chi connectivity index (χ2n) is 5.29. The van der Waals surface area contributed by atoms with Gasteiger partial charge in [0.2, 0.25) is 10.0 Å². The third-order valence-electron chi connectivity index (χ3n) is 3.36. The van der Waals surface area contributed by atoms with Crippen LogP contribution in [0.4, 0.5) is 11.4 Å². The summed E-state index contributed by atoms with van der Waals surface area (Å²) in [6.45, 7) is 3.83.